The largest absolute Gasteiger partial charge is 0.392 e. The Morgan fingerprint density at radius 2 is 1.73 bits per heavy atom. The molecule has 1 N–H and O–H groups in total. The molecular formula is C12H21NO2. The van der Waals surface area contributed by atoms with Gasteiger partial charge in [0.1, 0.15) is 0 Å². The molecule has 0 amide bonds. The molecule has 3 rings (SSSR count). The molecule has 86 valence electrons. The van der Waals surface area contributed by atoms with Crippen molar-refractivity contribution in [2.75, 3.05) is 26.3 Å². The molecule has 3 fully saturated rings. The summed E-state index contributed by atoms with van der Waals surface area (Å²) in [6.07, 6.45) is 5.03. The van der Waals surface area contributed by atoms with Crippen molar-refractivity contribution in [3.05, 3.63) is 0 Å². The molecule has 2 saturated carbocycles. The van der Waals surface area contributed by atoms with Gasteiger partial charge < -0.3 is 9.84 Å². The molecule has 1 heterocycles. The first kappa shape index (κ1) is 10.1. The van der Waals surface area contributed by atoms with E-state index in [-0.39, 0.29) is 6.10 Å². The summed E-state index contributed by atoms with van der Waals surface area (Å²) in [6, 6.07) is 0.641. The van der Waals surface area contributed by atoms with Gasteiger partial charge in [-0.25, -0.2) is 0 Å². The van der Waals surface area contributed by atoms with E-state index in [1.54, 1.807) is 0 Å². The summed E-state index contributed by atoms with van der Waals surface area (Å²) < 4.78 is 5.39. The van der Waals surface area contributed by atoms with E-state index in [9.17, 15) is 5.11 Å². The summed E-state index contributed by atoms with van der Waals surface area (Å²) in [5, 5.41) is 10.2. The van der Waals surface area contributed by atoms with E-state index in [0.29, 0.717) is 17.9 Å². The maximum Gasteiger partial charge on any atom is 0.0611 e. The molecule has 2 bridgehead atoms. The van der Waals surface area contributed by atoms with Crippen LogP contribution in [0.25, 0.3) is 0 Å². The van der Waals surface area contributed by atoms with E-state index < -0.39 is 0 Å². The Kier molecular flexibility index (Phi) is 2.71. The van der Waals surface area contributed by atoms with Gasteiger partial charge in [0.25, 0.3) is 0 Å². The SMILES string of the molecule is O[C@H]1[C@@H]2CC[C@H]1[C@@H](N1CCOCC1)CC2. The molecule has 0 aromatic rings. The normalized spacial score (nSPS) is 47.0. The van der Waals surface area contributed by atoms with Crippen LogP contribution in [0.4, 0.5) is 0 Å². The molecular weight excluding hydrogens is 190 g/mol. The fraction of sp³-hybridized carbons (Fsp3) is 1.00. The summed E-state index contributed by atoms with van der Waals surface area (Å²) in [5.74, 6) is 1.18. The molecule has 4 atom stereocenters. The first-order valence-corrected chi connectivity index (χ1v) is 6.36. The van der Waals surface area contributed by atoms with E-state index in [4.69, 9.17) is 4.74 Å². The molecule has 2 aliphatic carbocycles. The van der Waals surface area contributed by atoms with Gasteiger partial charge >= 0.3 is 0 Å². The zero-order chi connectivity index (χ0) is 10.3. The van der Waals surface area contributed by atoms with Crippen molar-refractivity contribution in [3.8, 4) is 0 Å². The van der Waals surface area contributed by atoms with Crippen LogP contribution in [-0.4, -0.2) is 48.5 Å². The Morgan fingerprint density at radius 1 is 1.00 bits per heavy atom. The van der Waals surface area contributed by atoms with Crippen molar-refractivity contribution in [1.29, 1.82) is 0 Å². The lowest BCUT2D eigenvalue weighted by Gasteiger charge is -2.42. The molecule has 0 aromatic carbocycles. The predicted octanol–water partition coefficient (Wildman–Crippen LogP) is 0.868. The molecule has 3 heteroatoms. The average molecular weight is 211 g/mol. The first-order valence-electron chi connectivity index (χ1n) is 6.36. The second kappa shape index (κ2) is 4.04. The van der Waals surface area contributed by atoms with E-state index in [2.05, 4.69) is 4.90 Å². The highest BCUT2D eigenvalue weighted by Gasteiger charge is 2.45. The van der Waals surface area contributed by atoms with Crippen molar-refractivity contribution >= 4 is 0 Å². The Bertz CT molecular complexity index is 228. The molecule has 0 spiro atoms. The maximum absolute atomic E-state index is 10.2. The van der Waals surface area contributed by atoms with Gasteiger partial charge in [-0.3, -0.25) is 4.90 Å². The lowest BCUT2D eigenvalue weighted by Crippen LogP contribution is -2.51. The summed E-state index contributed by atoms with van der Waals surface area (Å²) in [7, 11) is 0. The molecule has 0 aromatic heterocycles. The van der Waals surface area contributed by atoms with Crippen molar-refractivity contribution in [1.82, 2.24) is 4.90 Å². The summed E-state index contributed by atoms with van der Waals surface area (Å²) in [6.45, 7) is 3.89. The predicted molar refractivity (Wildman–Crippen MR) is 57.6 cm³/mol. The van der Waals surface area contributed by atoms with Crippen molar-refractivity contribution in [3.63, 3.8) is 0 Å². The lowest BCUT2D eigenvalue weighted by molar-refractivity contribution is -0.0412. The quantitative estimate of drug-likeness (QED) is 0.698. The third-order valence-corrected chi connectivity index (χ3v) is 4.63. The summed E-state index contributed by atoms with van der Waals surface area (Å²) in [4.78, 5) is 2.55. The maximum atomic E-state index is 10.2. The highest BCUT2D eigenvalue weighted by molar-refractivity contribution is 4.97. The summed E-state index contributed by atoms with van der Waals surface area (Å²) >= 11 is 0. The molecule has 3 nitrogen and oxygen atoms in total. The third kappa shape index (κ3) is 1.71. The third-order valence-electron chi connectivity index (χ3n) is 4.63. The van der Waals surface area contributed by atoms with Crippen LogP contribution in [-0.2, 0) is 4.74 Å². The number of hydrogen-bond donors (Lipinski definition) is 1. The van der Waals surface area contributed by atoms with E-state index in [0.717, 1.165) is 26.3 Å². The number of aliphatic hydroxyl groups is 1. The highest BCUT2D eigenvalue weighted by Crippen LogP contribution is 2.44. The van der Waals surface area contributed by atoms with E-state index >= 15 is 0 Å². The van der Waals surface area contributed by atoms with Crippen LogP contribution in [0.3, 0.4) is 0 Å². The van der Waals surface area contributed by atoms with Gasteiger partial charge in [0.05, 0.1) is 19.3 Å². The fourth-order valence-corrected chi connectivity index (χ4v) is 3.79. The number of morpholine rings is 1. The zero-order valence-corrected chi connectivity index (χ0v) is 9.27. The van der Waals surface area contributed by atoms with Gasteiger partial charge in [-0.2, -0.15) is 0 Å². The number of hydrogen-bond acceptors (Lipinski definition) is 3. The van der Waals surface area contributed by atoms with Crippen molar-refractivity contribution < 1.29 is 9.84 Å². The Labute approximate surface area is 91.4 Å². The lowest BCUT2D eigenvalue weighted by atomic mass is 9.81. The highest BCUT2D eigenvalue weighted by atomic mass is 16.5. The van der Waals surface area contributed by atoms with Crippen LogP contribution >= 0.6 is 0 Å². The van der Waals surface area contributed by atoms with Gasteiger partial charge in [0.2, 0.25) is 0 Å². The number of nitrogens with zero attached hydrogens (tertiary/aromatic N) is 1. The summed E-state index contributed by atoms with van der Waals surface area (Å²) in [5.41, 5.74) is 0. The van der Waals surface area contributed by atoms with Gasteiger partial charge in [0.15, 0.2) is 0 Å². The Hall–Kier alpha value is -0.120. The topological polar surface area (TPSA) is 32.7 Å². The molecule has 0 radical (unpaired) electrons. The number of rotatable bonds is 1. The standard InChI is InChI=1S/C12H21NO2/c14-12-9-1-3-10(12)11(4-2-9)13-5-7-15-8-6-13/h9-12,14H,1-8H2/t9-,10+,11+,12+/m1/s1. The van der Waals surface area contributed by atoms with Crippen LogP contribution in [0, 0.1) is 11.8 Å². The molecule has 1 aliphatic heterocycles. The van der Waals surface area contributed by atoms with Gasteiger partial charge in [-0.15, -0.1) is 0 Å². The van der Waals surface area contributed by atoms with E-state index in [1.165, 1.54) is 25.7 Å². The second-order valence-corrected chi connectivity index (χ2v) is 5.28. The number of aliphatic hydroxyl groups excluding tert-OH is 1. The van der Waals surface area contributed by atoms with E-state index in [1.807, 2.05) is 0 Å². The minimum Gasteiger partial charge on any atom is -0.392 e. The smallest absolute Gasteiger partial charge is 0.0611 e. The molecule has 3 aliphatic rings. The molecule has 15 heavy (non-hydrogen) atoms. The number of fused-ring (bicyclic) bond motifs is 2. The van der Waals surface area contributed by atoms with Crippen molar-refractivity contribution in [2.45, 2.75) is 37.8 Å². The minimum atomic E-state index is -0.00778. The van der Waals surface area contributed by atoms with Gasteiger partial charge in [0, 0.05) is 25.0 Å². The van der Waals surface area contributed by atoms with Crippen LogP contribution in [0.2, 0.25) is 0 Å². The minimum absolute atomic E-state index is 0.00778. The number of ether oxygens (including phenoxy) is 1. The Morgan fingerprint density at radius 3 is 2.53 bits per heavy atom. The van der Waals surface area contributed by atoms with Gasteiger partial charge in [-0.05, 0) is 31.6 Å². The zero-order valence-electron chi connectivity index (χ0n) is 9.27. The van der Waals surface area contributed by atoms with Crippen molar-refractivity contribution in [2.24, 2.45) is 11.8 Å². The molecule has 0 unspecified atom stereocenters. The second-order valence-electron chi connectivity index (χ2n) is 5.28. The van der Waals surface area contributed by atoms with Crippen LogP contribution < -0.4 is 0 Å². The van der Waals surface area contributed by atoms with Gasteiger partial charge in [-0.1, -0.05) is 0 Å². The average Bonchev–Trinajstić information content (AvgIpc) is 2.54. The molecule has 1 saturated heterocycles. The van der Waals surface area contributed by atoms with Crippen LogP contribution in [0.15, 0.2) is 0 Å². The first-order chi connectivity index (χ1) is 7.36. The Balaban J connectivity index is 1.69. The van der Waals surface area contributed by atoms with Crippen LogP contribution in [0.1, 0.15) is 25.7 Å². The monoisotopic (exact) mass is 211 g/mol. The van der Waals surface area contributed by atoms with Crippen LogP contribution in [0.5, 0.6) is 0 Å². The fourth-order valence-electron chi connectivity index (χ4n) is 3.79.